The van der Waals surface area contributed by atoms with E-state index in [0.29, 0.717) is 19.6 Å². The van der Waals surface area contributed by atoms with Crippen LogP contribution in [0.15, 0.2) is 30.3 Å². The SMILES string of the molecule is NCc1sc(N2CCS(=O)(=O)CC2)nc1-c1ccccc1. The average Bonchev–Trinajstić information content (AvgIpc) is 2.92. The van der Waals surface area contributed by atoms with E-state index in [2.05, 4.69) is 0 Å². The lowest BCUT2D eigenvalue weighted by Crippen LogP contribution is -2.40. The van der Waals surface area contributed by atoms with Gasteiger partial charge in [0.05, 0.1) is 17.2 Å². The number of hydrogen-bond donors (Lipinski definition) is 1. The van der Waals surface area contributed by atoms with E-state index in [4.69, 9.17) is 10.7 Å². The first-order chi connectivity index (χ1) is 10.1. The van der Waals surface area contributed by atoms with E-state index >= 15 is 0 Å². The maximum absolute atomic E-state index is 11.5. The second-order valence-corrected chi connectivity index (χ2v) is 8.34. The Morgan fingerprint density at radius 1 is 1.19 bits per heavy atom. The number of hydrogen-bond acceptors (Lipinski definition) is 6. The second-order valence-electron chi connectivity index (χ2n) is 4.98. The molecule has 2 heterocycles. The quantitative estimate of drug-likeness (QED) is 0.926. The zero-order valence-electron chi connectivity index (χ0n) is 11.5. The molecule has 0 amide bonds. The molecule has 5 nitrogen and oxygen atoms in total. The molecule has 7 heteroatoms. The Morgan fingerprint density at radius 3 is 2.48 bits per heavy atom. The number of rotatable bonds is 3. The van der Waals surface area contributed by atoms with Gasteiger partial charge in [0, 0.05) is 30.1 Å². The van der Waals surface area contributed by atoms with E-state index in [9.17, 15) is 8.42 Å². The first kappa shape index (κ1) is 14.5. The molecule has 21 heavy (non-hydrogen) atoms. The Hall–Kier alpha value is -1.44. The van der Waals surface area contributed by atoms with E-state index in [1.54, 1.807) is 11.3 Å². The van der Waals surface area contributed by atoms with Gasteiger partial charge in [0.2, 0.25) is 0 Å². The van der Waals surface area contributed by atoms with Crippen LogP contribution in [0.25, 0.3) is 11.3 Å². The Balaban J connectivity index is 1.90. The van der Waals surface area contributed by atoms with Gasteiger partial charge in [-0.15, -0.1) is 0 Å². The van der Waals surface area contributed by atoms with Gasteiger partial charge in [-0.3, -0.25) is 0 Å². The van der Waals surface area contributed by atoms with E-state index in [1.807, 2.05) is 35.2 Å². The molecule has 0 radical (unpaired) electrons. The van der Waals surface area contributed by atoms with Crippen molar-refractivity contribution >= 4 is 26.3 Å². The summed E-state index contributed by atoms with van der Waals surface area (Å²) in [5.74, 6) is 0.399. The normalized spacial score (nSPS) is 17.9. The van der Waals surface area contributed by atoms with Crippen LogP contribution in [0.3, 0.4) is 0 Å². The summed E-state index contributed by atoms with van der Waals surface area (Å²) in [6.45, 7) is 1.45. The van der Waals surface area contributed by atoms with Crippen molar-refractivity contribution in [3.05, 3.63) is 35.2 Å². The first-order valence-electron chi connectivity index (χ1n) is 6.79. The van der Waals surface area contributed by atoms with Crippen molar-refractivity contribution in [2.24, 2.45) is 5.73 Å². The summed E-state index contributed by atoms with van der Waals surface area (Å²) < 4.78 is 23.0. The lowest BCUT2D eigenvalue weighted by Gasteiger charge is -2.25. The Labute approximate surface area is 128 Å². The third kappa shape index (κ3) is 3.09. The molecule has 1 aromatic heterocycles. The van der Waals surface area contributed by atoms with Crippen molar-refractivity contribution < 1.29 is 8.42 Å². The molecule has 0 saturated carbocycles. The van der Waals surface area contributed by atoms with Gasteiger partial charge >= 0.3 is 0 Å². The Kier molecular flexibility index (Phi) is 3.97. The molecular weight excluding hydrogens is 306 g/mol. The lowest BCUT2D eigenvalue weighted by molar-refractivity contribution is 0.586. The largest absolute Gasteiger partial charge is 0.346 e. The van der Waals surface area contributed by atoms with Crippen molar-refractivity contribution in [3.63, 3.8) is 0 Å². The summed E-state index contributed by atoms with van der Waals surface area (Å²) in [5.41, 5.74) is 7.79. The summed E-state index contributed by atoms with van der Waals surface area (Å²) in [6.07, 6.45) is 0. The summed E-state index contributed by atoms with van der Waals surface area (Å²) in [5, 5.41) is 0.865. The smallest absolute Gasteiger partial charge is 0.186 e. The van der Waals surface area contributed by atoms with Gasteiger partial charge in [0.25, 0.3) is 0 Å². The number of nitrogens with zero attached hydrogens (tertiary/aromatic N) is 2. The predicted octanol–water partition coefficient (Wildman–Crippen LogP) is 1.50. The van der Waals surface area contributed by atoms with Crippen LogP contribution in [0, 0.1) is 0 Å². The average molecular weight is 323 g/mol. The first-order valence-corrected chi connectivity index (χ1v) is 9.43. The molecule has 112 valence electrons. The van der Waals surface area contributed by atoms with Crippen molar-refractivity contribution in [2.45, 2.75) is 6.54 Å². The number of sulfone groups is 1. The summed E-state index contributed by atoms with van der Waals surface area (Å²) in [6, 6.07) is 9.94. The maximum atomic E-state index is 11.5. The number of benzene rings is 1. The molecule has 0 aliphatic carbocycles. The molecule has 0 spiro atoms. The highest BCUT2D eigenvalue weighted by Crippen LogP contribution is 2.33. The molecule has 1 aliphatic heterocycles. The topological polar surface area (TPSA) is 76.3 Å². The predicted molar refractivity (Wildman–Crippen MR) is 86.3 cm³/mol. The molecule has 0 atom stereocenters. The molecule has 1 fully saturated rings. The van der Waals surface area contributed by atoms with Crippen LogP contribution in [-0.4, -0.2) is 38.0 Å². The minimum absolute atomic E-state index is 0.200. The van der Waals surface area contributed by atoms with E-state index in [1.165, 1.54) is 0 Å². The van der Waals surface area contributed by atoms with Gasteiger partial charge in [0.15, 0.2) is 15.0 Å². The zero-order valence-corrected chi connectivity index (χ0v) is 13.2. The highest BCUT2D eigenvalue weighted by atomic mass is 32.2. The van der Waals surface area contributed by atoms with Gasteiger partial charge in [-0.2, -0.15) is 0 Å². The Bertz CT molecular complexity index is 712. The third-order valence-corrected chi connectivity index (χ3v) is 6.28. The highest BCUT2D eigenvalue weighted by molar-refractivity contribution is 7.91. The summed E-state index contributed by atoms with van der Waals surface area (Å²) in [4.78, 5) is 7.76. The number of anilines is 1. The van der Waals surface area contributed by atoms with Gasteiger partial charge in [0.1, 0.15) is 0 Å². The van der Waals surface area contributed by atoms with Gasteiger partial charge in [-0.25, -0.2) is 13.4 Å². The minimum Gasteiger partial charge on any atom is -0.346 e. The number of aromatic nitrogens is 1. The van der Waals surface area contributed by atoms with Gasteiger partial charge in [-0.1, -0.05) is 41.7 Å². The monoisotopic (exact) mass is 323 g/mol. The van der Waals surface area contributed by atoms with Crippen LogP contribution in [0.4, 0.5) is 5.13 Å². The van der Waals surface area contributed by atoms with Crippen molar-refractivity contribution in [2.75, 3.05) is 29.5 Å². The van der Waals surface area contributed by atoms with Crippen LogP contribution < -0.4 is 10.6 Å². The van der Waals surface area contributed by atoms with Crippen molar-refractivity contribution in [1.29, 1.82) is 0 Å². The molecule has 2 N–H and O–H groups in total. The van der Waals surface area contributed by atoms with Gasteiger partial charge in [-0.05, 0) is 0 Å². The standard InChI is InChI=1S/C14H17N3O2S2/c15-10-12-13(11-4-2-1-3-5-11)16-14(20-12)17-6-8-21(18,19)9-7-17/h1-5H,6-10,15H2. The molecule has 1 aromatic carbocycles. The molecule has 1 aliphatic rings. The van der Waals surface area contributed by atoms with Crippen LogP contribution in [0.5, 0.6) is 0 Å². The van der Waals surface area contributed by atoms with Gasteiger partial charge < -0.3 is 10.6 Å². The van der Waals surface area contributed by atoms with E-state index < -0.39 is 9.84 Å². The highest BCUT2D eigenvalue weighted by Gasteiger charge is 2.24. The van der Waals surface area contributed by atoms with Crippen LogP contribution >= 0.6 is 11.3 Å². The fourth-order valence-electron chi connectivity index (χ4n) is 2.34. The van der Waals surface area contributed by atoms with Crippen LogP contribution in [-0.2, 0) is 16.4 Å². The van der Waals surface area contributed by atoms with Crippen LogP contribution in [0.1, 0.15) is 4.88 Å². The molecule has 0 unspecified atom stereocenters. The maximum Gasteiger partial charge on any atom is 0.186 e. The molecule has 3 rings (SSSR count). The molecule has 0 bridgehead atoms. The summed E-state index contributed by atoms with van der Waals surface area (Å²) in [7, 11) is -2.87. The fraction of sp³-hybridized carbons (Fsp3) is 0.357. The minimum atomic E-state index is -2.87. The molecule has 2 aromatic rings. The van der Waals surface area contributed by atoms with Crippen molar-refractivity contribution in [1.82, 2.24) is 4.98 Å². The molecular formula is C14H17N3O2S2. The lowest BCUT2D eigenvalue weighted by atomic mass is 10.1. The van der Waals surface area contributed by atoms with E-state index in [0.717, 1.165) is 21.3 Å². The van der Waals surface area contributed by atoms with E-state index in [-0.39, 0.29) is 11.5 Å². The second kappa shape index (κ2) is 5.75. The zero-order chi connectivity index (χ0) is 14.9. The summed E-state index contributed by atoms with van der Waals surface area (Å²) >= 11 is 1.56. The molecule has 1 saturated heterocycles. The number of thiazole rings is 1. The fourth-order valence-corrected chi connectivity index (χ4v) is 4.55. The third-order valence-electron chi connectivity index (χ3n) is 3.53. The Morgan fingerprint density at radius 2 is 1.86 bits per heavy atom. The number of nitrogens with two attached hydrogens (primary N) is 1. The van der Waals surface area contributed by atoms with Crippen molar-refractivity contribution in [3.8, 4) is 11.3 Å². The van der Waals surface area contributed by atoms with Crippen LogP contribution in [0.2, 0.25) is 0 Å².